The molecule has 1 unspecified atom stereocenters. The van der Waals surface area contributed by atoms with Gasteiger partial charge in [0.1, 0.15) is 0 Å². The highest BCUT2D eigenvalue weighted by Crippen LogP contribution is 2.31. The van der Waals surface area contributed by atoms with E-state index in [1.165, 1.54) is 11.3 Å². The molecule has 0 fully saturated rings. The number of aromatic nitrogens is 3. The second-order valence-corrected chi connectivity index (χ2v) is 9.20. The minimum absolute atomic E-state index is 0.212. The number of carbonyl (C=O) groups is 1. The summed E-state index contributed by atoms with van der Waals surface area (Å²) in [5.41, 5.74) is 4.21. The van der Waals surface area contributed by atoms with Crippen LogP contribution >= 0.6 is 22.9 Å². The number of aryl methyl sites for hydroxylation is 2. The standard InChI is InChI=1S/C24H25ClN4O3S/c1-6-28-15(5)18(13(3)27-28)12-19-22(30)29-21(16-8-10-17(25)11-9-16)20(23(31)32-7-2)14(4)26-24(29)33-19/h8-12,21H,6-7H2,1-5H3/b19-12+. The number of hydrogen-bond acceptors (Lipinski definition) is 6. The zero-order chi connectivity index (χ0) is 23.9. The number of carbonyl (C=O) groups excluding carboxylic acids is 1. The highest BCUT2D eigenvalue weighted by Gasteiger charge is 2.33. The SMILES string of the molecule is CCOC(=O)C1=C(C)N=c2s/c(=C/c3c(C)nn(CC)c3C)c(=O)n2C1c1ccc(Cl)cc1. The van der Waals surface area contributed by atoms with Crippen molar-refractivity contribution in [2.45, 2.75) is 47.2 Å². The van der Waals surface area contributed by atoms with Crippen LogP contribution in [0.3, 0.4) is 0 Å². The fraction of sp³-hybridized carbons (Fsp3) is 0.333. The summed E-state index contributed by atoms with van der Waals surface area (Å²) in [6.07, 6.45) is 1.87. The van der Waals surface area contributed by atoms with E-state index >= 15 is 0 Å². The molecule has 0 amide bonds. The van der Waals surface area contributed by atoms with Gasteiger partial charge in [-0.2, -0.15) is 5.10 Å². The number of allylic oxidation sites excluding steroid dienone is 1. The topological polar surface area (TPSA) is 78.5 Å². The molecule has 7 nitrogen and oxygen atoms in total. The lowest BCUT2D eigenvalue weighted by atomic mass is 9.96. The van der Waals surface area contributed by atoms with Crippen LogP contribution in [0.25, 0.3) is 6.08 Å². The number of nitrogens with zero attached hydrogens (tertiary/aromatic N) is 4. The van der Waals surface area contributed by atoms with Gasteiger partial charge >= 0.3 is 5.97 Å². The van der Waals surface area contributed by atoms with E-state index in [2.05, 4.69) is 10.1 Å². The third-order valence-corrected chi connectivity index (χ3v) is 6.95. The normalized spacial score (nSPS) is 16.1. The van der Waals surface area contributed by atoms with Crippen molar-refractivity contribution in [3.05, 3.63) is 82.8 Å². The maximum absolute atomic E-state index is 13.7. The van der Waals surface area contributed by atoms with Crippen LogP contribution in [0.4, 0.5) is 0 Å². The molecule has 0 saturated carbocycles. The van der Waals surface area contributed by atoms with Gasteiger partial charge in [0.15, 0.2) is 4.80 Å². The first kappa shape index (κ1) is 23.2. The molecular weight excluding hydrogens is 460 g/mol. The minimum Gasteiger partial charge on any atom is -0.463 e. The molecule has 0 bridgehead atoms. The molecule has 9 heteroatoms. The molecule has 3 aromatic rings. The van der Waals surface area contributed by atoms with Crippen LogP contribution in [0.15, 0.2) is 45.3 Å². The fourth-order valence-corrected chi connectivity index (χ4v) is 5.26. The second-order valence-electron chi connectivity index (χ2n) is 7.75. The number of fused-ring (bicyclic) bond motifs is 1. The largest absolute Gasteiger partial charge is 0.463 e. The van der Waals surface area contributed by atoms with E-state index in [-0.39, 0.29) is 12.2 Å². The maximum Gasteiger partial charge on any atom is 0.338 e. The number of esters is 1. The van der Waals surface area contributed by atoms with Crippen molar-refractivity contribution in [2.24, 2.45) is 4.99 Å². The van der Waals surface area contributed by atoms with Gasteiger partial charge in [0.25, 0.3) is 5.56 Å². The first-order valence-corrected chi connectivity index (χ1v) is 11.9. The van der Waals surface area contributed by atoms with Gasteiger partial charge in [-0.3, -0.25) is 14.0 Å². The van der Waals surface area contributed by atoms with Crippen molar-refractivity contribution in [2.75, 3.05) is 6.61 Å². The molecule has 1 atom stereocenters. The van der Waals surface area contributed by atoms with Crippen LogP contribution in [0.1, 0.15) is 49.3 Å². The third kappa shape index (κ3) is 4.09. The van der Waals surface area contributed by atoms with E-state index in [9.17, 15) is 9.59 Å². The van der Waals surface area contributed by atoms with Crippen LogP contribution in [0.5, 0.6) is 0 Å². The van der Waals surface area contributed by atoms with Gasteiger partial charge in [0.05, 0.1) is 34.1 Å². The Balaban J connectivity index is 1.97. The van der Waals surface area contributed by atoms with Crippen LogP contribution in [0.2, 0.25) is 5.02 Å². The third-order valence-electron chi connectivity index (χ3n) is 5.72. The minimum atomic E-state index is -0.653. The van der Waals surface area contributed by atoms with Gasteiger partial charge in [-0.25, -0.2) is 9.79 Å². The zero-order valence-electron chi connectivity index (χ0n) is 19.2. The highest BCUT2D eigenvalue weighted by atomic mass is 35.5. The Bertz CT molecular complexity index is 1440. The summed E-state index contributed by atoms with van der Waals surface area (Å²) in [6, 6.07) is 6.48. The molecule has 0 saturated heterocycles. The Morgan fingerprint density at radius 1 is 1.21 bits per heavy atom. The average Bonchev–Trinajstić information content (AvgIpc) is 3.23. The second kappa shape index (κ2) is 9.11. The summed E-state index contributed by atoms with van der Waals surface area (Å²) in [7, 11) is 0. The van der Waals surface area contributed by atoms with Crippen LogP contribution in [-0.4, -0.2) is 26.9 Å². The molecule has 0 aliphatic carbocycles. The van der Waals surface area contributed by atoms with Crippen LogP contribution in [-0.2, 0) is 16.1 Å². The summed E-state index contributed by atoms with van der Waals surface area (Å²) < 4.78 is 9.34. The molecule has 1 aliphatic heterocycles. The van der Waals surface area contributed by atoms with Gasteiger partial charge in [0, 0.05) is 22.8 Å². The number of benzene rings is 1. The van der Waals surface area contributed by atoms with E-state index in [1.54, 1.807) is 30.5 Å². The molecular formula is C24H25ClN4O3S. The first-order chi connectivity index (χ1) is 15.8. The smallest absolute Gasteiger partial charge is 0.338 e. The Morgan fingerprint density at radius 3 is 2.52 bits per heavy atom. The van der Waals surface area contributed by atoms with Crippen molar-refractivity contribution in [3.63, 3.8) is 0 Å². The van der Waals surface area contributed by atoms with Gasteiger partial charge in [-0.1, -0.05) is 35.1 Å². The van der Waals surface area contributed by atoms with E-state index in [0.717, 1.165) is 29.1 Å². The van der Waals surface area contributed by atoms with Gasteiger partial charge in [0.2, 0.25) is 0 Å². The van der Waals surface area contributed by atoms with Crippen molar-refractivity contribution in [1.29, 1.82) is 0 Å². The molecule has 1 aromatic carbocycles. The number of halogens is 1. The van der Waals surface area contributed by atoms with Crippen LogP contribution in [0, 0.1) is 13.8 Å². The molecule has 1 aliphatic rings. The summed E-state index contributed by atoms with van der Waals surface area (Å²) in [5.74, 6) is -0.483. The Kier molecular flexibility index (Phi) is 6.41. The van der Waals surface area contributed by atoms with Crippen molar-refractivity contribution in [3.8, 4) is 0 Å². The summed E-state index contributed by atoms with van der Waals surface area (Å²) in [6.45, 7) is 10.5. The average molecular weight is 485 g/mol. The lowest BCUT2D eigenvalue weighted by molar-refractivity contribution is -0.139. The van der Waals surface area contributed by atoms with Gasteiger partial charge < -0.3 is 4.74 Å². The molecule has 3 heterocycles. The number of rotatable bonds is 5. The summed E-state index contributed by atoms with van der Waals surface area (Å²) in [5, 5.41) is 5.12. The predicted molar refractivity (Wildman–Crippen MR) is 129 cm³/mol. The van der Waals surface area contributed by atoms with Crippen LogP contribution < -0.4 is 14.9 Å². The summed E-state index contributed by atoms with van der Waals surface area (Å²) in [4.78, 5) is 31.7. The molecule has 0 radical (unpaired) electrons. The highest BCUT2D eigenvalue weighted by molar-refractivity contribution is 7.07. The monoisotopic (exact) mass is 484 g/mol. The fourth-order valence-electron chi connectivity index (χ4n) is 4.11. The van der Waals surface area contributed by atoms with E-state index in [4.69, 9.17) is 16.3 Å². The van der Waals surface area contributed by atoms with Crippen molar-refractivity contribution < 1.29 is 9.53 Å². The number of thiazole rings is 1. The Labute approximate surface area is 200 Å². The zero-order valence-corrected chi connectivity index (χ0v) is 20.8. The van der Waals surface area contributed by atoms with E-state index < -0.39 is 12.0 Å². The number of ether oxygens (including phenoxy) is 1. The van der Waals surface area contributed by atoms with E-state index in [0.29, 0.717) is 25.6 Å². The van der Waals surface area contributed by atoms with Gasteiger partial charge in [-0.15, -0.1) is 0 Å². The summed E-state index contributed by atoms with van der Waals surface area (Å²) >= 11 is 7.40. The maximum atomic E-state index is 13.7. The Morgan fingerprint density at radius 2 is 1.91 bits per heavy atom. The molecule has 2 aromatic heterocycles. The molecule has 0 spiro atoms. The Hall–Kier alpha value is -2.97. The molecule has 172 valence electrons. The molecule has 4 rings (SSSR count). The lowest BCUT2D eigenvalue weighted by Gasteiger charge is -2.24. The lowest BCUT2D eigenvalue weighted by Crippen LogP contribution is -2.39. The predicted octanol–water partition coefficient (Wildman–Crippen LogP) is 3.28. The van der Waals surface area contributed by atoms with Crippen molar-refractivity contribution in [1.82, 2.24) is 14.3 Å². The number of hydrogen-bond donors (Lipinski definition) is 0. The van der Waals surface area contributed by atoms with E-state index in [1.807, 2.05) is 43.7 Å². The molecule has 0 N–H and O–H groups in total. The quantitative estimate of drug-likeness (QED) is 0.520. The van der Waals surface area contributed by atoms with Gasteiger partial charge in [-0.05, 0) is 58.4 Å². The first-order valence-electron chi connectivity index (χ1n) is 10.8. The molecule has 33 heavy (non-hydrogen) atoms. The van der Waals surface area contributed by atoms with Crippen molar-refractivity contribution >= 4 is 35.0 Å².